The molecule has 0 saturated carbocycles. The first-order valence-electron chi connectivity index (χ1n) is 9.90. The molecule has 2 aliphatic heterocycles. The number of hydrogen-bond donors (Lipinski definition) is 2. The summed E-state index contributed by atoms with van der Waals surface area (Å²) >= 11 is 3.37. The minimum Gasteiger partial charge on any atom is -0.458 e. The summed E-state index contributed by atoms with van der Waals surface area (Å²) in [7, 11) is 0. The Bertz CT molecular complexity index is 1380. The first-order chi connectivity index (χ1) is 14.7. The molecule has 2 aliphatic rings. The molecule has 0 aliphatic carbocycles. The van der Waals surface area contributed by atoms with E-state index < -0.39 is 17.4 Å². The number of aromatic nitrogens is 2. The fourth-order valence-corrected chi connectivity index (χ4v) is 4.97. The SMILES string of the molecule is CC[C@@]1(O)C(=O)OCc2c1cc1n(c2=O)Cc2c-1nc1cc(Br)c(C)c(F)c1c2CN. The van der Waals surface area contributed by atoms with Gasteiger partial charge in [0.25, 0.3) is 5.56 Å². The van der Waals surface area contributed by atoms with E-state index in [0.717, 1.165) is 0 Å². The Labute approximate surface area is 184 Å². The lowest BCUT2D eigenvalue weighted by Crippen LogP contribution is -2.44. The maximum absolute atomic E-state index is 15.1. The molecular formula is C22H19BrFN3O4. The fraction of sp³-hybridized carbons (Fsp3) is 0.318. The van der Waals surface area contributed by atoms with Crippen LogP contribution in [0, 0.1) is 12.7 Å². The van der Waals surface area contributed by atoms with E-state index in [-0.39, 0.29) is 42.8 Å². The average Bonchev–Trinajstić information content (AvgIpc) is 3.12. The Kier molecular flexibility index (Phi) is 4.38. The Morgan fingerprint density at radius 3 is 2.77 bits per heavy atom. The van der Waals surface area contributed by atoms with Crippen molar-refractivity contribution in [3.8, 4) is 11.4 Å². The molecule has 7 nitrogen and oxygen atoms in total. The molecule has 5 rings (SSSR count). The Hall–Kier alpha value is -2.62. The van der Waals surface area contributed by atoms with Crippen LogP contribution in [-0.4, -0.2) is 20.6 Å². The monoisotopic (exact) mass is 487 g/mol. The Balaban J connectivity index is 1.86. The van der Waals surface area contributed by atoms with Crippen LogP contribution in [0.15, 0.2) is 21.4 Å². The number of halogens is 2. The van der Waals surface area contributed by atoms with Crippen molar-refractivity contribution in [2.24, 2.45) is 5.73 Å². The third-order valence-corrected chi connectivity index (χ3v) is 7.24. The summed E-state index contributed by atoms with van der Waals surface area (Å²) in [6.07, 6.45) is 0.0607. The van der Waals surface area contributed by atoms with E-state index in [1.165, 1.54) is 4.57 Å². The number of aliphatic hydroxyl groups is 1. The number of nitrogens with two attached hydrogens (primary N) is 1. The summed E-state index contributed by atoms with van der Waals surface area (Å²) in [5.41, 5.74) is 7.34. The zero-order valence-electron chi connectivity index (χ0n) is 16.9. The number of hydrogen-bond acceptors (Lipinski definition) is 6. The summed E-state index contributed by atoms with van der Waals surface area (Å²) in [6, 6.07) is 3.36. The van der Waals surface area contributed by atoms with Gasteiger partial charge in [0.2, 0.25) is 0 Å². The van der Waals surface area contributed by atoms with Gasteiger partial charge < -0.3 is 20.1 Å². The third kappa shape index (κ3) is 2.54. The van der Waals surface area contributed by atoms with Crippen LogP contribution in [-0.2, 0) is 34.8 Å². The van der Waals surface area contributed by atoms with Crippen LogP contribution in [0.25, 0.3) is 22.3 Å². The highest BCUT2D eigenvalue weighted by molar-refractivity contribution is 9.10. The van der Waals surface area contributed by atoms with Gasteiger partial charge in [-0.05, 0) is 36.6 Å². The number of esters is 1. The van der Waals surface area contributed by atoms with Crippen LogP contribution in [0.1, 0.15) is 41.2 Å². The topological polar surface area (TPSA) is 107 Å². The molecular weight excluding hydrogens is 469 g/mol. The quantitative estimate of drug-likeness (QED) is 0.421. The summed E-state index contributed by atoms with van der Waals surface area (Å²) in [4.78, 5) is 30.2. The van der Waals surface area contributed by atoms with Crippen LogP contribution in [0.2, 0.25) is 0 Å². The molecule has 1 atom stereocenters. The van der Waals surface area contributed by atoms with Crippen molar-refractivity contribution in [1.29, 1.82) is 0 Å². The number of benzene rings is 1. The van der Waals surface area contributed by atoms with Gasteiger partial charge in [0.15, 0.2) is 5.60 Å². The van der Waals surface area contributed by atoms with E-state index in [1.54, 1.807) is 26.0 Å². The lowest BCUT2D eigenvalue weighted by molar-refractivity contribution is -0.172. The van der Waals surface area contributed by atoms with Crippen molar-refractivity contribution >= 4 is 32.8 Å². The second-order valence-corrected chi connectivity index (χ2v) is 8.77. The van der Waals surface area contributed by atoms with Crippen molar-refractivity contribution in [2.75, 3.05) is 0 Å². The van der Waals surface area contributed by atoms with Gasteiger partial charge in [0.05, 0.1) is 29.0 Å². The van der Waals surface area contributed by atoms with Crippen molar-refractivity contribution in [3.63, 3.8) is 0 Å². The largest absolute Gasteiger partial charge is 0.458 e. The highest BCUT2D eigenvalue weighted by Gasteiger charge is 2.45. The maximum atomic E-state index is 15.1. The first-order valence-corrected chi connectivity index (χ1v) is 10.7. The molecule has 9 heteroatoms. The second-order valence-electron chi connectivity index (χ2n) is 7.92. The van der Waals surface area contributed by atoms with Gasteiger partial charge in [0.1, 0.15) is 12.4 Å². The number of cyclic esters (lactones) is 1. The molecule has 0 amide bonds. The van der Waals surface area contributed by atoms with E-state index in [0.29, 0.717) is 43.5 Å². The molecule has 0 spiro atoms. The van der Waals surface area contributed by atoms with Crippen molar-refractivity contribution in [1.82, 2.24) is 9.55 Å². The number of carbonyl (C=O) groups excluding carboxylic acids is 1. The predicted octanol–water partition coefficient (Wildman–Crippen LogP) is 2.75. The molecule has 0 unspecified atom stereocenters. The van der Waals surface area contributed by atoms with Crippen molar-refractivity contribution < 1.29 is 19.0 Å². The number of pyridine rings is 2. The van der Waals surface area contributed by atoms with Gasteiger partial charge in [-0.3, -0.25) is 4.79 Å². The van der Waals surface area contributed by atoms with Crippen molar-refractivity contribution in [3.05, 3.63) is 60.6 Å². The minimum atomic E-state index is -1.90. The standard InChI is InChI=1S/C22H19BrFN3O4/c1-3-22(30)13-4-16-19-11(7-27(16)20(28)12(13)8-31-21(22)29)10(6-25)17-15(26-19)5-14(23)9(2)18(17)24/h4-5,30H,3,6-8,25H2,1-2H3/t22-/m0/s1. The summed E-state index contributed by atoms with van der Waals surface area (Å²) in [5, 5.41) is 11.3. The molecule has 3 aromatic rings. The molecule has 4 heterocycles. The van der Waals surface area contributed by atoms with Gasteiger partial charge in [-0.15, -0.1) is 0 Å². The van der Waals surface area contributed by atoms with Gasteiger partial charge in [0, 0.05) is 27.5 Å². The first kappa shape index (κ1) is 20.3. The fourth-order valence-electron chi connectivity index (χ4n) is 4.58. The zero-order valence-corrected chi connectivity index (χ0v) is 18.5. The Morgan fingerprint density at radius 2 is 2.10 bits per heavy atom. The minimum absolute atomic E-state index is 0.0607. The van der Waals surface area contributed by atoms with Gasteiger partial charge in [-0.25, -0.2) is 14.2 Å². The summed E-state index contributed by atoms with van der Waals surface area (Å²) in [6.45, 7) is 3.37. The predicted molar refractivity (Wildman–Crippen MR) is 115 cm³/mol. The van der Waals surface area contributed by atoms with E-state index in [9.17, 15) is 14.7 Å². The molecule has 2 aromatic heterocycles. The van der Waals surface area contributed by atoms with Crippen LogP contribution in [0.4, 0.5) is 4.39 Å². The maximum Gasteiger partial charge on any atom is 0.343 e. The second kappa shape index (κ2) is 6.69. The normalized spacial score (nSPS) is 19.2. The molecule has 0 bridgehead atoms. The lowest BCUT2D eigenvalue weighted by atomic mass is 9.86. The van der Waals surface area contributed by atoms with Crippen LogP contribution in [0.5, 0.6) is 0 Å². The van der Waals surface area contributed by atoms with Gasteiger partial charge >= 0.3 is 5.97 Å². The third-order valence-electron chi connectivity index (χ3n) is 6.42. The molecule has 1 aromatic carbocycles. The highest BCUT2D eigenvalue weighted by atomic mass is 79.9. The summed E-state index contributed by atoms with van der Waals surface area (Å²) in [5.74, 6) is -1.18. The van der Waals surface area contributed by atoms with Crippen molar-refractivity contribution in [2.45, 2.75) is 45.6 Å². The van der Waals surface area contributed by atoms with Crippen LogP contribution >= 0.6 is 15.9 Å². The zero-order chi connectivity index (χ0) is 22.2. The molecule has 0 radical (unpaired) electrons. The molecule has 0 fully saturated rings. The van der Waals surface area contributed by atoms with Gasteiger partial charge in [-0.2, -0.15) is 0 Å². The average molecular weight is 488 g/mol. The molecule has 160 valence electrons. The molecule has 31 heavy (non-hydrogen) atoms. The van der Waals surface area contributed by atoms with E-state index >= 15 is 4.39 Å². The number of nitrogens with zero attached hydrogens (tertiary/aromatic N) is 2. The Morgan fingerprint density at radius 1 is 1.35 bits per heavy atom. The highest BCUT2D eigenvalue weighted by Crippen LogP contribution is 2.41. The smallest absolute Gasteiger partial charge is 0.343 e. The lowest BCUT2D eigenvalue weighted by Gasteiger charge is -2.31. The molecule has 3 N–H and O–H groups in total. The number of ether oxygens (including phenoxy) is 1. The summed E-state index contributed by atoms with van der Waals surface area (Å²) < 4.78 is 22.3. The van der Waals surface area contributed by atoms with Gasteiger partial charge in [-0.1, -0.05) is 22.9 Å². The van der Waals surface area contributed by atoms with E-state index in [4.69, 9.17) is 10.5 Å². The number of fused-ring (bicyclic) bond motifs is 5. The molecule has 0 saturated heterocycles. The van der Waals surface area contributed by atoms with Crippen LogP contribution in [0.3, 0.4) is 0 Å². The number of carbonyl (C=O) groups is 1. The van der Waals surface area contributed by atoms with E-state index in [2.05, 4.69) is 20.9 Å². The van der Waals surface area contributed by atoms with E-state index in [1.807, 2.05) is 0 Å². The van der Waals surface area contributed by atoms with Crippen LogP contribution < -0.4 is 11.3 Å². The number of rotatable bonds is 2.